The second-order valence-electron chi connectivity index (χ2n) is 2.43. The summed E-state index contributed by atoms with van der Waals surface area (Å²) < 4.78 is 0. The summed E-state index contributed by atoms with van der Waals surface area (Å²) in [5.41, 5.74) is 1.52. The Morgan fingerprint density at radius 3 is 2.29 bits per heavy atom. The van der Waals surface area contributed by atoms with E-state index in [1.807, 2.05) is 18.2 Å². The first-order chi connectivity index (χ1) is 6.70. The van der Waals surface area contributed by atoms with Crippen LogP contribution in [0.3, 0.4) is 0 Å². The fourth-order valence-electron chi connectivity index (χ4n) is 1.12. The second-order valence-corrected chi connectivity index (χ2v) is 2.84. The highest BCUT2D eigenvalue weighted by molar-refractivity contribution is 7.80. The van der Waals surface area contributed by atoms with Gasteiger partial charge >= 0.3 is 0 Å². The molecular weight excluding hydrogens is 202 g/mol. The number of thiocarbonyl (C=S) groups is 1. The summed E-state index contributed by atoms with van der Waals surface area (Å²) in [7, 11) is 0. The molecule has 0 saturated heterocycles. The Hall–Kier alpha value is -1.75. The number of rotatable bonds is 0. The maximum absolute atomic E-state index is 11.1. The number of carboxylic acid groups (broad SMARTS) is 1. The number of fused-ring (bicyclic) bond motifs is 1. The first-order valence-corrected chi connectivity index (χ1v) is 4.14. The van der Waals surface area contributed by atoms with Crippen LogP contribution in [0.15, 0.2) is 24.3 Å². The molecule has 1 aromatic rings. The van der Waals surface area contributed by atoms with E-state index in [-0.39, 0.29) is 12.4 Å². The van der Waals surface area contributed by atoms with E-state index in [4.69, 9.17) is 22.1 Å². The van der Waals surface area contributed by atoms with Crippen LogP contribution in [0.1, 0.15) is 15.9 Å². The molecule has 0 aliphatic carbocycles. The third-order valence-corrected chi connectivity index (χ3v) is 1.97. The van der Waals surface area contributed by atoms with Gasteiger partial charge in [0.1, 0.15) is 4.99 Å². The molecule has 1 aliphatic heterocycles. The monoisotopic (exact) mass is 209 g/mol. The van der Waals surface area contributed by atoms with Crippen LogP contribution >= 0.6 is 12.2 Å². The average molecular weight is 209 g/mol. The minimum atomic E-state index is -0.250. The predicted molar refractivity (Wildman–Crippen MR) is 54.3 cm³/mol. The predicted octanol–water partition coefficient (Wildman–Crippen LogP) is 0.806. The van der Waals surface area contributed by atoms with E-state index >= 15 is 0 Å². The van der Waals surface area contributed by atoms with Crippen molar-refractivity contribution in [3.05, 3.63) is 35.4 Å². The van der Waals surface area contributed by atoms with Crippen LogP contribution in [0.25, 0.3) is 0 Å². The molecule has 4 nitrogen and oxygen atoms in total. The Labute approximate surface area is 85.6 Å². The molecule has 1 aromatic carbocycles. The summed E-state index contributed by atoms with van der Waals surface area (Å²) >= 11 is 4.92. The van der Waals surface area contributed by atoms with Crippen LogP contribution in [0.4, 0.5) is 0 Å². The van der Waals surface area contributed by atoms with Crippen molar-refractivity contribution in [3.63, 3.8) is 0 Å². The highest BCUT2D eigenvalue weighted by Crippen LogP contribution is 2.14. The molecule has 14 heavy (non-hydrogen) atoms. The van der Waals surface area contributed by atoms with Crippen LogP contribution in [0, 0.1) is 0 Å². The van der Waals surface area contributed by atoms with Gasteiger partial charge in [0.2, 0.25) is 0 Å². The Morgan fingerprint density at radius 2 is 1.79 bits per heavy atom. The minimum Gasteiger partial charge on any atom is -0.483 e. The highest BCUT2D eigenvalue weighted by atomic mass is 32.1. The van der Waals surface area contributed by atoms with E-state index < -0.39 is 0 Å². The van der Waals surface area contributed by atoms with E-state index in [2.05, 4.69) is 5.32 Å². The lowest BCUT2D eigenvalue weighted by Crippen LogP contribution is -2.18. The lowest BCUT2D eigenvalue weighted by atomic mass is 10.1. The molecule has 1 aliphatic rings. The highest BCUT2D eigenvalue weighted by Gasteiger charge is 2.21. The maximum Gasteiger partial charge on any atom is 0.290 e. The Bertz CT molecular complexity index is 356. The van der Waals surface area contributed by atoms with Crippen molar-refractivity contribution in [2.45, 2.75) is 0 Å². The number of benzene rings is 1. The van der Waals surface area contributed by atoms with Gasteiger partial charge in [-0.15, -0.1) is 0 Å². The van der Waals surface area contributed by atoms with E-state index in [1.54, 1.807) is 6.07 Å². The fraction of sp³-hybridized carbons (Fsp3) is 0. The normalized spacial score (nSPS) is 12.3. The number of hydrogen-bond acceptors (Lipinski definition) is 3. The van der Waals surface area contributed by atoms with Gasteiger partial charge in [-0.05, 0) is 6.07 Å². The van der Waals surface area contributed by atoms with Crippen molar-refractivity contribution in [2.75, 3.05) is 0 Å². The molecule has 0 spiro atoms. The van der Waals surface area contributed by atoms with Crippen LogP contribution in [0.2, 0.25) is 0 Å². The van der Waals surface area contributed by atoms with E-state index in [1.165, 1.54) is 0 Å². The third kappa shape index (κ3) is 1.94. The molecule has 72 valence electrons. The molecule has 0 bridgehead atoms. The van der Waals surface area contributed by atoms with Gasteiger partial charge in [-0.1, -0.05) is 30.4 Å². The van der Waals surface area contributed by atoms with E-state index in [0.29, 0.717) is 10.6 Å². The smallest absolute Gasteiger partial charge is 0.290 e. The lowest BCUT2D eigenvalue weighted by Gasteiger charge is -1.90. The second kappa shape index (κ2) is 4.48. The van der Waals surface area contributed by atoms with Gasteiger partial charge < -0.3 is 10.4 Å². The van der Waals surface area contributed by atoms with E-state index in [0.717, 1.165) is 5.56 Å². The summed E-state index contributed by atoms with van der Waals surface area (Å²) in [6, 6.07) is 7.30. The van der Waals surface area contributed by atoms with Gasteiger partial charge in [0.15, 0.2) is 0 Å². The van der Waals surface area contributed by atoms with Gasteiger partial charge in [-0.2, -0.15) is 0 Å². The summed E-state index contributed by atoms with van der Waals surface area (Å²) in [4.78, 5) is 20.0. The number of carbonyl (C=O) groups excluding carboxylic acids is 1. The molecule has 1 amide bonds. The topological polar surface area (TPSA) is 66.4 Å². The quantitative estimate of drug-likeness (QED) is 0.490. The molecule has 2 N–H and O–H groups in total. The largest absolute Gasteiger partial charge is 0.483 e. The van der Waals surface area contributed by atoms with Crippen LogP contribution < -0.4 is 5.32 Å². The Balaban J connectivity index is 0.000000293. The molecule has 0 radical (unpaired) electrons. The SMILES string of the molecule is O=C1NC(=S)c2ccccc21.O=CO. The molecule has 1 heterocycles. The summed E-state index contributed by atoms with van der Waals surface area (Å²) in [5, 5.41) is 9.46. The van der Waals surface area contributed by atoms with Gasteiger partial charge in [-0.25, -0.2) is 0 Å². The van der Waals surface area contributed by atoms with Crippen molar-refractivity contribution < 1.29 is 14.7 Å². The molecular formula is C9H7NO3S. The number of nitrogens with one attached hydrogen (secondary N) is 1. The van der Waals surface area contributed by atoms with Crippen molar-refractivity contribution >= 4 is 29.6 Å². The van der Waals surface area contributed by atoms with Gasteiger partial charge in [0, 0.05) is 11.1 Å². The molecule has 0 aromatic heterocycles. The standard InChI is InChI=1S/C8H5NOS.CH2O2/c10-7-5-3-1-2-4-6(5)8(11)9-7;2-1-3/h1-4H,(H,9,10,11);1H,(H,2,3). The first kappa shape index (κ1) is 10.3. The summed E-state index contributed by atoms with van der Waals surface area (Å²) in [6.45, 7) is -0.250. The van der Waals surface area contributed by atoms with Gasteiger partial charge in [-0.3, -0.25) is 9.59 Å². The van der Waals surface area contributed by atoms with Crippen molar-refractivity contribution in [3.8, 4) is 0 Å². The zero-order valence-corrected chi connectivity index (χ0v) is 7.88. The van der Waals surface area contributed by atoms with Gasteiger partial charge in [0.25, 0.3) is 12.4 Å². The summed E-state index contributed by atoms with van der Waals surface area (Å²) in [5.74, 6) is -0.0920. The zero-order valence-electron chi connectivity index (χ0n) is 7.06. The third-order valence-electron chi connectivity index (χ3n) is 1.64. The molecule has 2 rings (SSSR count). The fourth-order valence-corrected chi connectivity index (χ4v) is 1.39. The van der Waals surface area contributed by atoms with E-state index in [9.17, 15) is 4.79 Å². The Kier molecular flexibility index (Phi) is 3.30. The molecule has 0 fully saturated rings. The van der Waals surface area contributed by atoms with Crippen molar-refractivity contribution in [1.29, 1.82) is 0 Å². The zero-order chi connectivity index (χ0) is 10.6. The number of hydrogen-bond donors (Lipinski definition) is 2. The Morgan fingerprint density at radius 1 is 1.29 bits per heavy atom. The van der Waals surface area contributed by atoms with Crippen LogP contribution in [-0.4, -0.2) is 22.5 Å². The maximum atomic E-state index is 11.1. The lowest BCUT2D eigenvalue weighted by molar-refractivity contribution is -0.122. The first-order valence-electron chi connectivity index (χ1n) is 3.73. The van der Waals surface area contributed by atoms with Crippen LogP contribution in [0.5, 0.6) is 0 Å². The minimum absolute atomic E-state index is 0.0920. The van der Waals surface area contributed by atoms with Crippen molar-refractivity contribution in [1.82, 2.24) is 5.32 Å². The van der Waals surface area contributed by atoms with Crippen LogP contribution in [-0.2, 0) is 4.79 Å². The van der Waals surface area contributed by atoms with Crippen molar-refractivity contribution in [2.24, 2.45) is 0 Å². The molecule has 5 heteroatoms. The average Bonchev–Trinajstić information content (AvgIpc) is 2.45. The molecule has 0 saturated carbocycles. The number of amides is 1. The molecule has 0 unspecified atom stereocenters. The van der Waals surface area contributed by atoms with Gasteiger partial charge in [0.05, 0.1) is 0 Å². The molecule has 0 atom stereocenters. The number of carbonyl (C=O) groups is 2. The summed E-state index contributed by atoms with van der Waals surface area (Å²) in [6.07, 6.45) is 0.